The fraction of sp³-hybridized carbons (Fsp3) is 0.462. The molecule has 0 bridgehead atoms. The highest BCUT2D eigenvalue weighted by atomic mass is 16.6. The average molecular weight is 281 g/mol. The molecule has 2 N–H and O–H groups in total. The molecule has 0 aliphatic carbocycles. The first-order valence-electron chi connectivity index (χ1n) is 6.29. The molecule has 1 amide bonds. The summed E-state index contributed by atoms with van der Waals surface area (Å²) in [5, 5.41) is 22.2. The lowest BCUT2D eigenvalue weighted by molar-refractivity contribution is -0.385. The highest BCUT2D eigenvalue weighted by molar-refractivity contribution is 5.92. The molecule has 0 saturated carbocycles. The monoisotopic (exact) mass is 281 g/mol. The highest BCUT2D eigenvalue weighted by Gasteiger charge is 2.14. The summed E-state index contributed by atoms with van der Waals surface area (Å²) in [4.78, 5) is 24.0. The van der Waals surface area contributed by atoms with E-state index in [1.165, 1.54) is 6.07 Å². The molecule has 0 radical (unpaired) electrons. The number of amides is 1. The molecule has 0 spiro atoms. The quantitative estimate of drug-likeness (QED) is 0.577. The molecule has 0 fully saturated rings. The van der Waals surface area contributed by atoms with Crippen molar-refractivity contribution in [1.82, 2.24) is 4.90 Å². The smallest absolute Gasteiger partial charge is 0.274 e. The van der Waals surface area contributed by atoms with Gasteiger partial charge in [0.25, 0.3) is 5.69 Å². The van der Waals surface area contributed by atoms with Gasteiger partial charge in [-0.1, -0.05) is 6.07 Å². The molecule has 0 saturated heterocycles. The predicted molar refractivity (Wildman–Crippen MR) is 75.7 cm³/mol. The number of aliphatic hydroxyl groups excluding tert-OH is 1. The number of hydrogen-bond acceptors (Lipinski definition) is 5. The number of nitrogens with one attached hydrogen (secondary N) is 1. The van der Waals surface area contributed by atoms with Gasteiger partial charge in [0.15, 0.2) is 0 Å². The van der Waals surface area contributed by atoms with Crippen molar-refractivity contribution in [3.05, 3.63) is 33.9 Å². The van der Waals surface area contributed by atoms with Crippen LogP contribution in [-0.4, -0.2) is 47.6 Å². The van der Waals surface area contributed by atoms with Gasteiger partial charge in [0, 0.05) is 25.6 Å². The van der Waals surface area contributed by atoms with Crippen molar-refractivity contribution in [1.29, 1.82) is 0 Å². The topological polar surface area (TPSA) is 95.7 Å². The third kappa shape index (κ3) is 4.60. The van der Waals surface area contributed by atoms with Crippen molar-refractivity contribution in [2.24, 2.45) is 0 Å². The van der Waals surface area contributed by atoms with Gasteiger partial charge in [0.2, 0.25) is 5.91 Å². The van der Waals surface area contributed by atoms with E-state index in [4.69, 9.17) is 5.11 Å². The minimum absolute atomic E-state index is 0.0137. The molecule has 1 aromatic carbocycles. The Balaban J connectivity index is 2.62. The number of nitro groups is 1. The number of anilines is 1. The normalized spacial score (nSPS) is 10.6. The third-order valence-electron chi connectivity index (χ3n) is 2.98. The Kier molecular flexibility index (Phi) is 6.08. The van der Waals surface area contributed by atoms with Gasteiger partial charge < -0.3 is 15.3 Å². The van der Waals surface area contributed by atoms with E-state index in [-0.39, 0.29) is 24.6 Å². The molecule has 0 heterocycles. The maximum absolute atomic E-state index is 11.8. The second-order valence-electron chi connectivity index (χ2n) is 4.53. The molecule has 0 unspecified atom stereocenters. The molecule has 1 aromatic rings. The van der Waals surface area contributed by atoms with E-state index in [0.717, 1.165) is 0 Å². The highest BCUT2D eigenvalue weighted by Crippen LogP contribution is 2.24. The number of likely N-dealkylation sites (N-methyl/N-ethyl adjacent to an activating group) is 1. The van der Waals surface area contributed by atoms with Crippen LogP contribution in [0.2, 0.25) is 0 Å². The van der Waals surface area contributed by atoms with Crippen molar-refractivity contribution < 1.29 is 14.8 Å². The molecule has 20 heavy (non-hydrogen) atoms. The molecule has 0 aromatic heterocycles. The standard InChI is InChI=1S/C13H19N3O4/c1-10-11(4-3-5-12(10)16(19)20)14-13(18)6-7-15(2)8-9-17/h3-5,17H,6-9H2,1-2H3,(H,14,18). The molecule has 110 valence electrons. The fourth-order valence-corrected chi connectivity index (χ4v) is 1.74. The zero-order valence-corrected chi connectivity index (χ0v) is 11.6. The van der Waals surface area contributed by atoms with Crippen LogP contribution in [0.4, 0.5) is 11.4 Å². The first-order valence-corrected chi connectivity index (χ1v) is 6.29. The van der Waals surface area contributed by atoms with E-state index in [1.807, 2.05) is 11.9 Å². The second-order valence-corrected chi connectivity index (χ2v) is 4.53. The molecule has 0 aliphatic rings. The summed E-state index contributed by atoms with van der Waals surface area (Å²) in [6.45, 7) is 2.66. The predicted octanol–water partition coefficient (Wildman–Crippen LogP) is 1.16. The summed E-state index contributed by atoms with van der Waals surface area (Å²) in [5.41, 5.74) is 0.878. The van der Waals surface area contributed by atoms with Crippen LogP contribution in [0.1, 0.15) is 12.0 Å². The van der Waals surface area contributed by atoms with Crippen LogP contribution in [0.5, 0.6) is 0 Å². The number of rotatable bonds is 7. The van der Waals surface area contributed by atoms with E-state index < -0.39 is 4.92 Å². The third-order valence-corrected chi connectivity index (χ3v) is 2.98. The lowest BCUT2D eigenvalue weighted by Gasteiger charge is -2.15. The van der Waals surface area contributed by atoms with Crippen LogP contribution < -0.4 is 5.32 Å². The van der Waals surface area contributed by atoms with Gasteiger partial charge in [-0.2, -0.15) is 0 Å². The Bertz CT molecular complexity index is 491. The molecule has 0 aliphatic heterocycles. The zero-order valence-electron chi connectivity index (χ0n) is 11.6. The number of nitrogens with zero attached hydrogens (tertiary/aromatic N) is 2. The van der Waals surface area contributed by atoms with Crippen LogP contribution in [0.3, 0.4) is 0 Å². The van der Waals surface area contributed by atoms with Crippen LogP contribution in [0.25, 0.3) is 0 Å². The van der Waals surface area contributed by atoms with Crippen LogP contribution in [0.15, 0.2) is 18.2 Å². The Morgan fingerprint density at radius 1 is 1.45 bits per heavy atom. The molecule has 1 rings (SSSR count). The minimum atomic E-state index is -0.472. The Morgan fingerprint density at radius 3 is 2.75 bits per heavy atom. The number of carbonyl (C=O) groups is 1. The van der Waals surface area contributed by atoms with Gasteiger partial charge in [-0.25, -0.2) is 0 Å². The maximum atomic E-state index is 11.8. The Hall–Kier alpha value is -1.99. The van der Waals surface area contributed by atoms with Crippen molar-refractivity contribution in [2.75, 3.05) is 32.1 Å². The van der Waals surface area contributed by atoms with E-state index in [2.05, 4.69) is 5.32 Å². The van der Waals surface area contributed by atoms with Gasteiger partial charge in [-0.15, -0.1) is 0 Å². The number of benzene rings is 1. The lowest BCUT2D eigenvalue weighted by Crippen LogP contribution is -2.26. The average Bonchev–Trinajstić information content (AvgIpc) is 2.39. The van der Waals surface area contributed by atoms with Crippen LogP contribution in [-0.2, 0) is 4.79 Å². The zero-order chi connectivity index (χ0) is 15.1. The summed E-state index contributed by atoms with van der Waals surface area (Å²) in [6.07, 6.45) is 0.263. The maximum Gasteiger partial charge on any atom is 0.274 e. The number of nitro benzene ring substituents is 1. The van der Waals surface area contributed by atoms with Crippen molar-refractivity contribution in [3.8, 4) is 0 Å². The van der Waals surface area contributed by atoms with E-state index >= 15 is 0 Å². The summed E-state index contributed by atoms with van der Waals surface area (Å²) in [7, 11) is 1.81. The van der Waals surface area contributed by atoms with E-state index in [0.29, 0.717) is 24.3 Å². The van der Waals surface area contributed by atoms with Crippen LogP contribution in [0, 0.1) is 17.0 Å². The second kappa shape index (κ2) is 7.56. The molecule has 7 heteroatoms. The Morgan fingerprint density at radius 2 is 2.15 bits per heavy atom. The summed E-state index contributed by atoms with van der Waals surface area (Å²) in [6, 6.07) is 4.58. The molecular formula is C13H19N3O4. The Labute approximate surface area is 117 Å². The first kappa shape index (κ1) is 16.1. The minimum Gasteiger partial charge on any atom is -0.395 e. The van der Waals surface area contributed by atoms with E-state index in [9.17, 15) is 14.9 Å². The number of hydrogen-bond donors (Lipinski definition) is 2. The van der Waals surface area contributed by atoms with Gasteiger partial charge >= 0.3 is 0 Å². The van der Waals surface area contributed by atoms with Crippen LogP contribution >= 0.6 is 0 Å². The summed E-state index contributed by atoms with van der Waals surface area (Å²) in [5.74, 6) is -0.210. The van der Waals surface area contributed by atoms with Gasteiger partial charge in [-0.3, -0.25) is 14.9 Å². The van der Waals surface area contributed by atoms with Gasteiger partial charge in [-0.05, 0) is 20.0 Å². The van der Waals surface area contributed by atoms with Crippen molar-refractivity contribution in [2.45, 2.75) is 13.3 Å². The van der Waals surface area contributed by atoms with Gasteiger partial charge in [0.05, 0.1) is 22.8 Å². The van der Waals surface area contributed by atoms with Crippen molar-refractivity contribution in [3.63, 3.8) is 0 Å². The summed E-state index contributed by atoms with van der Waals surface area (Å²) < 4.78 is 0. The SMILES string of the molecule is Cc1c(NC(=O)CCN(C)CCO)cccc1[N+](=O)[O-]. The lowest BCUT2D eigenvalue weighted by atomic mass is 10.1. The van der Waals surface area contributed by atoms with Gasteiger partial charge in [0.1, 0.15) is 0 Å². The number of aliphatic hydroxyl groups is 1. The first-order chi connectivity index (χ1) is 9.45. The van der Waals surface area contributed by atoms with E-state index in [1.54, 1.807) is 19.1 Å². The summed E-state index contributed by atoms with van der Waals surface area (Å²) >= 11 is 0. The largest absolute Gasteiger partial charge is 0.395 e. The molecule has 0 atom stereocenters. The molecular weight excluding hydrogens is 262 g/mol. The molecule has 7 nitrogen and oxygen atoms in total. The fourth-order valence-electron chi connectivity index (χ4n) is 1.74. The number of carbonyl (C=O) groups excluding carboxylic acids is 1. The van der Waals surface area contributed by atoms with Crippen molar-refractivity contribution >= 4 is 17.3 Å².